The molecule has 146 valence electrons. The fraction of sp³-hybridized carbons (Fsp3) is 0.450. The second kappa shape index (κ2) is 7.73. The maximum atomic E-state index is 13.2. The molecule has 0 unspecified atom stereocenters. The third-order valence-corrected chi connectivity index (χ3v) is 7.64. The zero-order chi connectivity index (χ0) is 19.7. The van der Waals surface area contributed by atoms with E-state index >= 15 is 0 Å². The largest absolute Gasteiger partial charge is 0.351 e. The van der Waals surface area contributed by atoms with Crippen molar-refractivity contribution in [1.82, 2.24) is 9.62 Å². The van der Waals surface area contributed by atoms with Crippen molar-refractivity contribution in [2.45, 2.75) is 45.1 Å². The van der Waals surface area contributed by atoms with Crippen molar-refractivity contribution in [1.29, 1.82) is 0 Å². The summed E-state index contributed by atoms with van der Waals surface area (Å²) in [5, 5.41) is 4.53. The maximum absolute atomic E-state index is 13.2. The molecule has 0 fully saturated rings. The van der Waals surface area contributed by atoms with Crippen LogP contribution >= 0.6 is 11.3 Å². The van der Waals surface area contributed by atoms with E-state index in [1.165, 1.54) is 21.2 Å². The zero-order valence-corrected chi connectivity index (χ0v) is 17.6. The van der Waals surface area contributed by atoms with Crippen molar-refractivity contribution in [3.05, 3.63) is 51.7 Å². The Morgan fingerprint density at radius 1 is 1.19 bits per heavy atom. The van der Waals surface area contributed by atoms with E-state index in [-0.39, 0.29) is 21.1 Å². The molecule has 27 heavy (non-hydrogen) atoms. The van der Waals surface area contributed by atoms with Crippen LogP contribution in [0, 0.1) is 5.41 Å². The normalized spacial score (nSPS) is 15.4. The van der Waals surface area contributed by atoms with Crippen LogP contribution in [0.3, 0.4) is 0 Å². The Labute approximate surface area is 165 Å². The van der Waals surface area contributed by atoms with Crippen LogP contribution in [0.25, 0.3) is 0 Å². The summed E-state index contributed by atoms with van der Waals surface area (Å²) in [7, 11) is -3.71. The summed E-state index contributed by atoms with van der Waals surface area (Å²) in [5.74, 6) is -0.315. The number of amides is 1. The molecule has 3 rings (SSSR count). The topological polar surface area (TPSA) is 66.5 Å². The van der Waals surface area contributed by atoms with Gasteiger partial charge in [0, 0.05) is 19.6 Å². The van der Waals surface area contributed by atoms with Crippen molar-refractivity contribution in [2.75, 3.05) is 13.1 Å². The Balaban J connectivity index is 1.77. The molecular weight excluding hydrogens is 380 g/mol. The van der Waals surface area contributed by atoms with E-state index in [1.54, 1.807) is 11.4 Å². The third-order valence-electron chi connectivity index (χ3n) is 4.71. The summed E-state index contributed by atoms with van der Waals surface area (Å²) in [6, 6.07) is 9.44. The van der Waals surface area contributed by atoms with Crippen LogP contribution in [-0.2, 0) is 23.0 Å². The molecule has 0 spiro atoms. The minimum atomic E-state index is -3.71. The number of nitrogens with zero attached hydrogens (tertiary/aromatic N) is 1. The lowest BCUT2D eigenvalue weighted by Crippen LogP contribution is -2.37. The van der Waals surface area contributed by atoms with E-state index in [2.05, 4.69) is 26.1 Å². The minimum Gasteiger partial charge on any atom is -0.351 e. The lowest BCUT2D eigenvalue weighted by molar-refractivity contribution is 0.0950. The molecule has 1 amide bonds. The summed E-state index contributed by atoms with van der Waals surface area (Å²) >= 11 is 1.17. The number of benzene rings is 1. The van der Waals surface area contributed by atoms with Crippen LogP contribution in [0.2, 0.25) is 0 Å². The number of nitrogens with one attached hydrogen (secondary N) is 1. The van der Waals surface area contributed by atoms with E-state index in [0.29, 0.717) is 26.1 Å². The van der Waals surface area contributed by atoms with Gasteiger partial charge in [-0.25, -0.2) is 8.42 Å². The van der Waals surface area contributed by atoms with E-state index < -0.39 is 10.0 Å². The Hall–Kier alpha value is -1.70. The number of rotatable bonds is 5. The number of sulfonamides is 1. The first-order valence-electron chi connectivity index (χ1n) is 9.11. The van der Waals surface area contributed by atoms with E-state index in [4.69, 9.17) is 0 Å². The van der Waals surface area contributed by atoms with Gasteiger partial charge in [-0.05, 0) is 40.8 Å². The van der Waals surface area contributed by atoms with Crippen molar-refractivity contribution >= 4 is 27.3 Å². The number of carbonyl (C=O) groups excluding carboxylic acids is 1. The molecule has 0 radical (unpaired) electrons. The van der Waals surface area contributed by atoms with Crippen molar-refractivity contribution < 1.29 is 13.2 Å². The molecule has 1 N–H and O–H groups in total. The lowest BCUT2D eigenvalue weighted by Gasteiger charge is -2.28. The number of thiophene rings is 1. The first kappa shape index (κ1) is 20.0. The molecule has 2 aromatic rings. The van der Waals surface area contributed by atoms with Crippen LogP contribution in [0.4, 0.5) is 0 Å². The predicted octanol–water partition coefficient (Wildman–Crippen LogP) is 3.66. The fourth-order valence-corrected chi connectivity index (χ4v) is 5.85. The molecule has 1 aliphatic heterocycles. The molecular formula is C20H26N2O3S2. The molecule has 0 saturated heterocycles. The van der Waals surface area contributed by atoms with Crippen LogP contribution in [-0.4, -0.2) is 31.7 Å². The summed E-state index contributed by atoms with van der Waals surface area (Å²) in [4.78, 5) is 12.9. The van der Waals surface area contributed by atoms with Gasteiger partial charge in [-0.15, -0.1) is 11.3 Å². The van der Waals surface area contributed by atoms with E-state index in [9.17, 15) is 13.2 Å². The predicted molar refractivity (Wildman–Crippen MR) is 108 cm³/mol. The molecule has 0 bridgehead atoms. The molecule has 1 aromatic heterocycles. The SMILES string of the molecule is CC(C)(C)CCNC(=O)c1sccc1S(=O)(=O)N1CCc2ccccc2C1. The number of fused-ring (bicyclic) bond motifs is 1. The molecule has 2 heterocycles. The highest BCUT2D eigenvalue weighted by atomic mass is 32.2. The van der Waals surface area contributed by atoms with Gasteiger partial charge in [0.25, 0.3) is 5.91 Å². The quantitative estimate of drug-likeness (QED) is 0.824. The molecule has 0 saturated carbocycles. The van der Waals surface area contributed by atoms with Gasteiger partial charge in [-0.2, -0.15) is 4.31 Å². The van der Waals surface area contributed by atoms with Crippen molar-refractivity contribution in [3.63, 3.8) is 0 Å². The molecule has 7 heteroatoms. The summed E-state index contributed by atoms with van der Waals surface area (Å²) in [6.07, 6.45) is 1.52. The van der Waals surface area contributed by atoms with E-state index in [1.807, 2.05) is 24.3 Å². The molecule has 5 nitrogen and oxygen atoms in total. The third kappa shape index (κ3) is 4.59. The Kier molecular flexibility index (Phi) is 5.74. The van der Waals surface area contributed by atoms with Crippen LogP contribution < -0.4 is 5.32 Å². The Morgan fingerprint density at radius 3 is 2.59 bits per heavy atom. The van der Waals surface area contributed by atoms with Gasteiger partial charge in [-0.3, -0.25) is 4.79 Å². The lowest BCUT2D eigenvalue weighted by atomic mass is 9.92. The first-order valence-corrected chi connectivity index (χ1v) is 11.4. The maximum Gasteiger partial charge on any atom is 0.262 e. The van der Waals surface area contributed by atoms with Crippen LogP contribution in [0.1, 0.15) is 48.0 Å². The second-order valence-electron chi connectivity index (χ2n) is 8.04. The van der Waals surface area contributed by atoms with Gasteiger partial charge < -0.3 is 5.32 Å². The molecule has 1 aromatic carbocycles. The Bertz CT molecular complexity index is 927. The Morgan fingerprint density at radius 2 is 1.89 bits per heavy atom. The summed E-state index contributed by atoms with van der Waals surface area (Å²) in [5.41, 5.74) is 2.33. The van der Waals surface area contributed by atoms with Crippen LogP contribution in [0.5, 0.6) is 0 Å². The first-order chi connectivity index (χ1) is 12.7. The number of hydrogen-bond acceptors (Lipinski definition) is 4. The molecule has 0 aliphatic carbocycles. The number of carbonyl (C=O) groups is 1. The van der Waals surface area contributed by atoms with Gasteiger partial charge >= 0.3 is 0 Å². The highest BCUT2D eigenvalue weighted by molar-refractivity contribution is 7.89. The standard InChI is InChI=1S/C20H26N2O3S2/c1-20(2,3)10-11-21-19(23)18-17(9-13-26-18)27(24,25)22-12-8-15-6-4-5-7-16(15)14-22/h4-7,9,13H,8,10-12,14H2,1-3H3,(H,21,23). The smallest absolute Gasteiger partial charge is 0.262 e. The monoisotopic (exact) mass is 406 g/mol. The van der Waals surface area contributed by atoms with Gasteiger partial charge in [0.1, 0.15) is 9.77 Å². The summed E-state index contributed by atoms with van der Waals surface area (Å²) < 4.78 is 27.8. The van der Waals surface area contributed by atoms with Gasteiger partial charge in [0.15, 0.2) is 0 Å². The van der Waals surface area contributed by atoms with Gasteiger partial charge in [0.2, 0.25) is 10.0 Å². The molecule has 0 atom stereocenters. The second-order valence-corrected chi connectivity index (χ2v) is 10.9. The van der Waals surface area contributed by atoms with Crippen molar-refractivity contribution in [2.24, 2.45) is 5.41 Å². The van der Waals surface area contributed by atoms with Crippen LogP contribution in [0.15, 0.2) is 40.6 Å². The summed E-state index contributed by atoms with van der Waals surface area (Å²) in [6.45, 7) is 7.62. The highest BCUT2D eigenvalue weighted by Gasteiger charge is 2.32. The van der Waals surface area contributed by atoms with Gasteiger partial charge in [0.05, 0.1) is 0 Å². The average molecular weight is 407 g/mol. The van der Waals surface area contributed by atoms with Gasteiger partial charge in [-0.1, -0.05) is 45.0 Å². The zero-order valence-electron chi connectivity index (χ0n) is 16.0. The molecule has 1 aliphatic rings. The average Bonchev–Trinajstić information content (AvgIpc) is 3.11. The minimum absolute atomic E-state index is 0.110. The fourth-order valence-electron chi connectivity index (χ4n) is 3.11. The number of hydrogen-bond donors (Lipinski definition) is 1. The van der Waals surface area contributed by atoms with E-state index in [0.717, 1.165) is 12.0 Å². The highest BCUT2D eigenvalue weighted by Crippen LogP contribution is 2.29. The van der Waals surface area contributed by atoms with Crippen molar-refractivity contribution in [3.8, 4) is 0 Å².